The van der Waals surface area contributed by atoms with E-state index in [0.717, 1.165) is 0 Å². The van der Waals surface area contributed by atoms with Crippen LogP contribution in [-0.2, 0) is 14.6 Å². The van der Waals surface area contributed by atoms with E-state index in [4.69, 9.17) is 5.26 Å². The molecule has 1 N–H and O–H groups in total. The number of anilines is 1. The van der Waals surface area contributed by atoms with Crippen molar-refractivity contribution in [2.24, 2.45) is 5.92 Å². The Morgan fingerprint density at radius 2 is 1.67 bits per heavy atom. The number of nitriles is 1. The van der Waals surface area contributed by atoms with Crippen molar-refractivity contribution in [2.45, 2.75) is 38.2 Å². The maximum atomic E-state index is 12.3. The molecule has 0 saturated carbocycles. The van der Waals surface area contributed by atoms with E-state index in [0.29, 0.717) is 11.3 Å². The smallest absolute Gasteiger partial charge is 0.242 e. The summed E-state index contributed by atoms with van der Waals surface area (Å²) in [6.07, 6.45) is 0. The van der Waals surface area contributed by atoms with Gasteiger partial charge in [-0.1, -0.05) is 13.8 Å². The van der Waals surface area contributed by atoms with Crippen LogP contribution in [0.3, 0.4) is 0 Å². The van der Waals surface area contributed by atoms with Crippen molar-refractivity contribution in [3.05, 3.63) is 29.8 Å². The Bertz CT molecular complexity index is 642. The Morgan fingerprint density at radius 3 is 2.10 bits per heavy atom. The lowest BCUT2D eigenvalue weighted by molar-refractivity contribution is -0.115. The predicted molar refractivity (Wildman–Crippen MR) is 82.5 cm³/mol. The number of hydrogen-bond acceptors (Lipinski definition) is 4. The molecule has 114 valence electrons. The minimum Gasteiger partial charge on any atom is -0.325 e. The van der Waals surface area contributed by atoms with Gasteiger partial charge in [-0.05, 0) is 44.0 Å². The molecule has 0 fully saturated rings. The van der Waals surface area contributed by atoms with Crippen LogP contribution in [-0.4, -0.2) is 24.8 Å². The highest BCUT2D eigenvalue weighted by Gasteiger charge is 2.34. The minimum atomic E-state index is -3.53. The number of nitrogens with one attached hydrogen (secondary N) is 1. The Labute approximate surface area is 125 Å². The van der Waals surface area contributed by atoms with Crippen molar-refractivity contribution in [1.82, 2.24) is 0 Å². The molecule has 0 radical (unpaired) electrons. The largest absolute Gasteiger partial charge is 0.325 e. The fourth-order valence-electron chi connectivity index (χ4n) is 1.72. The number of benzene rings is 1. The second-order valence-electron chi connectivity index (χ2n) is 5.36. The van der Waals surface area contributed by atoms with Gasteiger partial charge in [-0.15, -0.1) is 0 Å². The Morgan fingerprint density at radius 1 is 1.14 bits per heavy atom. The first-order chi connectivity index (χ1) is 9.70. The molecule has 0 saturated heterocycles. The normalized spacial score (nSPS) is 14.3. The van der Waals surface area contributed by atoms with Gasteiger partial charge in [0.1, 0.15) is 5.25 Å². The highest BCUT2D eigenvalue weighted by molar-refractivity contribution is 7.93. The summed E-state index contributed by atoms with van der Waals surface area (Å²) in [5.41, 5.74) is 0.945. The lowest BCUT2D eigenvalue weighted by atomic mass is 10.2. The molecule has 0 aliphatic carbocycles. The molecule has 0 aromatic heterocycles. The Kier molecular flexibility index (Phi) is 5.50. The van der Waals surface area contributed by atoms with Gasteiger partial charge in [0.15, 0.2) is 9.84 Å². The standard InChI is InChI=1S/C15H20N2O3S/c1-10(2)11(3)21(19,20)12(4)15(18)17-14-7-5-13(9-16)6-8-14/h5-8,10-12H,1-4H3,(H,17,18). The Balaban J connectivity index is 2.86. The third kappa shape index (κ3) is 4.05. The van der Waals surface area contributed by atoms with E-state index >= 15 is 0 Å². The summed E-state index contributed by atoms with van der Waals surface area (Å²) in [4.78, 5) is 12.1. The van der Waals surface area contributed by atoms with Gasteiger partial charge in [0.2, 0.25) is 5.91 Å². The second kappa shape index (κ2) is 6.72. The first-order valence-electron chi connectivity index (χ1n) is 6.74. The molecule has 0 bridgehead atoms. The molecule has 0 spiro atoms. The maximum Gasteiger partial charge on any atom is 0.242 e. The molecule has 0 aliphatic heterocycles. The molecule has 2 unspecified atom stereocenters. The first kappa shape index (κ1) is 17.2. The van der Waals surface area contributed by atoms with E-state index in [2.05, 4.69) is 5.32 Å². The van der Waals surface area contributed by atoms with Crippen LogP contribution in [0.1, 0.15) is 33.3 Å². The SMILES string of the molecule is CC(C)C(C)S(=O)(=O)C(C)C(=O)Nc1ccc(C#N)cc1. The lowest BCUT2D eigenvalue weighted by Gasteiger charge is -2.21. The number of amides is 1. The predicted octanol–water partition coefficient (Wildman–Crippen LogP) is 2.34. The summed E-state index contributed by atoms with van der Waals surface area (Å²) in [7, 11) is -3.53. The number of carbonyl (C=O) groups excluding carboxylic acids is 1. The van der Waals surface area contributed by atoms with Gasteiger partial charge in [0, 0.05) is 5.69 Å². The average Bonchev–Trinajstić information content (AvgIpc) is 2.46. The summed E-state index contributed by atoms with van der Waals surface area (Å²) in [5, 5.41) is 9.56. The zero-order valence-corrected chi connectivity index (χ0v) is 13.4. The summed E-state index contributed by atoms with van der Waals surface area (Å²) < 4.78 is 24.6. The van der Waals surface area contributed by atoms with Crippen LogP contribution in [0.2, 0.25) is 0 Å². The van der Waals surface area contributed by atoms with E-state index in [-0.39, 0.29) is 5.92 Å². The molecule has 1 rings (SSSR count). The van der Waals surface area contributed by atoms with Crippen molar-refractivity contribution in [3.63, 3.8) is 0 Å². The monoisotopic (exact) mass is 308 g/mol. The van der Waals surface area contributed by atoms with E-state index in [9.17, 15) is 13.2 Å². The molecule has 5 nitrogen and oxygen atoms in total. The molecule has 6 heteroatoms. The quantitative estimate of drug-likeness (QED) is 0.904. The number of sulfone groups is 1. The number of rotatable bonds is 5. The van der Waals surface area contributed by atoms with Gasteiger partial charge in [0.25, 0.3) is 0 Å². The van der Waals surface area contributed by atoms with Crippen LogP contribution in [0.5, 0.6) is 0 Å². The van der Waals surface area contributed by atoms with Gasteiger partial charge < -0.3 is 5.32 Å². The van der Waals surface area contributed by atoms with Gasteiger partial charge in [-0.25, -0.2) is 8.42 Å². The highest BCUT2D eigenvalue weighted by Crippen LogP contribution is 2.18. The number of carbonyl (C=O) groups is 1. The summed E-state index contributed by atoms with van der Waals surface area (Å²) >= 11 is 0. The molecular formula is C15H20N2O3S. The van der Waals surface area contributed by atoms with E-state index in [1.165, 1.54) is 6.92 Å². The minimum absolute atomic E-state index is 0.0554. The van der Waals surface area contributed by atoms with Crippen LogP contribution < -0.4 is 5.32 Å². The molecule has 1 amide bonds. The molecule has 0 heterocycles. The molecule has 21 heavy (non-hydrogen) atoms. The van der Waals surface area contributed by atoms with Crippen LogP contribution in [0, 0.1) is 17.2 Å². The van der Waals surface area contributed by atoms with Crippen molar-refractivity contribution in [3.8, 4) is 6.07 Å². The topological polar surface area (TPSA) is 87.0 Å². The van der Waals surface area contributed by atoms with Crippen LogP contribution in [0.15, 0.2) is 24.3 Å². The van der Waals surface area contributed by atoms with E-state index in [1.54, 1.807) is 31.2 Å². The van der Waals surface area contributed by atoms with Crippen molar-refractivity contribution >= 4 is 21.4 Å². The van der Waals surface area contributed by atoms with E-state index < -0.39 is 26.2 Å². The average molecular weight is 308 g/mol. The number of nitrogens with zero attached hydrogens (tertiary/aromatic N) is 1. The maximum absolute atomic E-state index is 12.3. The van der Waals surface area contributed by atoms with Crippen molar-refractivity contribution in [1.29, 1.82) is 5.26 Å². The van der Waals surface area contributed by atoms with Crippen LogP contribution >= 0.6 is 0 Å². The summed E-state index contributed by atoms with van der Waals surface area (Å²) in [6.45, 7) is 6.64. The summed E-state index contributed by atoms with van der Waals surface area (Å²) in [6, 6.07) is 8.24. The Hall–Kier alpha value is -1.87. The fraction of sp³-hybridized carbons (Fsp3) is 0.467. The zero-order chi connectivity index (χ0) is 16.2. The molecular weight excluding hydrogens is 288 g/mol. The second-order valence-corrected chi connectivity index (χ2v) is 7.99. The summed E-state index contributed by atoms with van der Waals surface area (Å²) in [5.74, 6) is -0.618. The molecule has 1 aromatic carbocycles. The van der Waals surface area contributed by atoms with Crippen LogP contribution in [0.25, 0.3) is 0 Å². The van der Waals surface area contributed by atoms with Gasteiger partial charge >= 0.3 is 0 Å². The molecule has 2 atom stereocenters. The first-order valence-corrected chi connectivity index (χ1v) is 8.34. The van der Waals surface area contributed by atoms with Gasteiger partial charge in [0.05, 0.1) is 16.9 Å². The van der Waals surface area contributed by atoms with Gasteiger partial charge in [-0.3, -0.25) is 4.79 Å². The molecule has 1 aromatic rings. The third-order valence-electron chi connectivity index (χ3n) is 3.60. The fourth-order valence-corrected chi connectivity index (χ4v) is 3.48. The van der Waals surface area contributed by atoms with E-state index in [1.807, 2.05) is 19.9 Å². The van der Waals surface area contributed by atoms with Crippen molar-refractivity contribution in [2.75, 3.05) is 5.32 Å². The highest BCUT2D eigenvalue weighted by atomic mass is 32.2. The number of hydrogen-bond donors (Lipinski definition) is 1. The van der Waals surface area contributed by atoms with Crippen LogP contribution in [0.4, 0.5) is 5.69 Å². The van der Waals surface area contributed by atoms with Crippen molar-refractivity contribution < 1.29 is 13.2 Å². The lowest BCUT2D eigenvalue weighted by Crippen LogP contribution is -2.39. The third-order valence-corrected chi connectivity index (χ3v) is 6.38. The van der Waals surface area contributed by atoms with Gasteiger partial charge in [-0.2, -0.15) is 5.26 Å². The zero-order valence-electron chi connectivity index (χ0n) is 12.6. The molecule has 0 aliphatic rings.